The van der Waals surface area contributed by atoms with Crippen molar-refractivity contribution in [3.8, 4) is 12.3 Å². The molecule has 1 aliphatic rings. The van der Waals surface area contributed by atoms with Crippen LogP contribution in [0.3, 0.4) is 0 Å². The molecule has 0 saturated carbocycles. The minimum Gasteiger partial charge on any atom is -0.345 e. The zero-order chi connectivity index (χ0) is 16.0. The molecule has 22 heavy (non-hydrogen) atoms. The van der Waals surface area contributed by atoms with E-state index in [1.165, 1.54) is 5.56 Å². The Morgan fingerprint density at radius 2 is 1.95 bits per heavy atom. The molecule has 0 bridgehead atoms. The first-order valence-corrected chi connectivity index (χ1v) is 8.83. The van der Waals surface area contributed by atoms with E-state index >= 15 is 0 Å². The Labute approximate surface area is 131 Å². The average Bonchev–Trinajstić information content (AvgIpc) is 2.52. The molecule has 0 fully saturated rings. The van der Waals surface area contributed by atoms with E-state index in [4.69, 9.17) is 6.42 Å². The van der Waals surface area contributed by atoms with Crippen LogP contribution in [-0.4, -0.2) is 27.4 Å². The van der Waals surface area contributed by atoms with E-state index in [1.54, 1.807) is 12.1 Å². The number of carbonyl (C=O) groups is 1. The van der Waals surface area contributed by atoms with Crippen LogP contribution in [0, 0.1) is 12.3 Å². The number of sulfonamides is 1. The standard InChI is InChI=1S/C16H20N2O3S/c1-2-10-17-16(19)9-11-18-22(20,21)15-8-7-13-5-3-4-6-14(13)12-15/h1,7-8,12,18H,3-6,9-11H2,(H,17,19). The summed E-state index contributed by atoms with van der Waals surface area (Å²) in [5.41, 5.74) is 2.35. The van der Waals surface area contributed by atoms with Crippen LogP contribution < -0.4 is 10.0 Å². The van der Waals surface area contributed by atoms with Crippen molar-refractivity contribution in [2.45, 2.75) is 37.0 Å². The molecule has 0 unspecified atom stereocenters. The Kier molecular flexibility index (Phi) is 5.58. The second kappa shape index (κ2) is 7.43. The molecule has 0 heterocycles. The summed E-state index contributed by atoms with van der Waals surface area (Å²) in [6.07, 6.45) is 9.28. The molecule has 0 aliphatic heterocycles. The lowest BCUT2D eigenvalue weighted by Gasteiger charge is -2.16. The normalized spacial score (nSPS) is 14.0. The smallest absolute Gasteiger partial charge is 0.240 e. The zero-order valence-corrected chi connectivity index (χ0v) is 13.2. The van der Waals surface area contributed by atoms with Gasteiger partial charge in [-0.25, -0.2) is 13.1 Å². The van der Waals surface area contributed by atoms with Gasteiger partial charge in [0.05, 0.1) is 11.4 Å². The van der Waals surface area contributed by atoms with Crippen molar-refractivity contribution >= 4 is 15.9 Å². The molecule has 2 N–H and O–H groups in total. The van der Waals surface area contributed by atoms with E-state index in [0.717, 1.165) is 31.2 Å². The molecular weight excluding hydrogens is 300 g/mol. The molecule has 1 aliphatic carbocycles. The molecule has 0 aromatic heterocycles. The minimum absolute atomic E-state index is 0.0514. The third-order valence-electron chi connectivity index (χ3n) is 3.66. The van der Waals surface area contributed by atoms with Gasteiger partial charge in [-0.1, -0.05) is 12.0 Å². The number of hydrogen-bond acceptors (Lipinski definition) is 3. The van der Waals surface area contributed by atoms with Gasteiger partial charge in [-0.3, -0.25) is 4.79 Å². The zero-order valence-electron chi connectivity index (χ0n) is 12.4. The van der Waals surface area contributed by atoms with Gasteiger partial charge >= 0.3 is 0 Å². The van der Waals surface area contributed by atoms with Crippen molar-refractivity contribution in [3.05, 3.63) is 29.3 Å². The van der Waals surface area contributed by atoms with Gasteiger partial charge in [0.25, 0.3) is 0 Å². The average molecular weight is 320 g/mol. The Hall–Kier alpha value is -1.84. The van der Waals surface area contributed by atoms with Crippen LogP contribution in [0.2, 0.25) is 0 Å². The van der Waals surface area contributed by atoms with Crippen molar-refractivity contribution in [2.24, 2.45) is 0 Å². The van der Waals surface area contributed by atoms with Crippen LogP contribution >= 0.6 is 0 Å². The molecule has 0 radical (unpaired) electrons. The van der Waals surface area contributed by atoms with Crippen LogP contribution in [0.25, 0.3) is 0 Å². The van der Waals surface area contributed by atoms with E-state index in [-0.39, 0.29) is 30.3 Å². The van der Waals surface area contributed by atoms with Gasteiger partial charge in [0.1, 0.15) is 0 Å². The van der Waals surface area contributed by atoms with Crippen molar-refractivity contribution in [3.63, 3.8) is 0 Å². The number of nitrogens with one attached hydrogen (secondary N) is 2. The van der Waals surface area contributed by atoms with Crippen molar-refractivity contribution in [2.75, 3.05) is 13.1 Å². The number of carbonyl (C=O) groups excluding carboxylic acids is 1. The summed E-state index contributed by atoms with van der Waals surface area (Å²) in [6, 6.07) is 5.27. The summed E-state index contributed by atoms with van der Waals surface area (Å²) in [6.45, 7) is 0.201. The van der Waals surface area contributed by atoms with Crippen molar-refractivity contribution in [1.82, 2.24) is 10.0 Å². The quantitative estimate of drug-likeness (QED) is 0.767. The van der Waals surface area contributed by atoms with Crippen molar-refractivity contribution < 1.29 is 13.2 Å². The predicted octanol–water partition coefficient (Wildman–Crippen LogP) is 0.983. The van der Waals surface area contributed by atoms with Crippen LogP contribution in [0.4, 0.5) is 0 Å². The van der Waals surface area contributed by atoms with E-state index in [0.29, 0.717) is 0 Å². The van der Waals surface area contributed by atoms with E-state index in [9.17, 15) is 13.2 Å². The van der Waals surface area contributed by atoms with Crippen LogP contribution in [0.15, 0.2) is 23.1 Å². The highest BCUT2D eigenvalue weighted by molar-refractivity contribution is 7.89. The third-order valence-corrected chi connectivity index (χ3v) is 5.12. The number of benzene rings is 1. The summed E-state index contributed by atoms with van der Waals surface area (Å²) in [7, 11) is -3.58. The largest absolute Gasteiger partial charge is 0.345 e. The van der Waals surface area contributed by atoms with Gasteiger partial charge in [-0.15, -0.1) is 6.42 Å². The summed E-state index contributed by atoms with van der Waals surface area (Å²) < 4.78 is 26.9. The first-order chi connectivity index (χ1) is 10.5. The lowest BCUT2D eigenvalue weighted by molar-refractivity contribution is -0.120. The monoisotopic (exact) mass is 320 g/mol. The first-order valence-electron chi connectivity index (χ1n) is 7.34. The van der Waals surface area contributed by atoms with Gasteiger partial charge in [-0.2, -0.15) is 0 Å². The number of hydrogen-bond donors (Lipinski definition) is 2. The molecule has 6 heteroatoms. The highest BCUT2D eigenvalue weighted by atomic mass is 32.2. The Morgan fingerprint density at radius 1 is 1.23 bits per heavy atom. The molecule has 0 saturated heterocycles. The number of rotatable bonds is 6. The van der Waals surface area contributed by atoms with Gasteiger partial charge in [-0.05, 0) is 48.9 Å². The first kappa shape index (κ1) is 16.5. The molecule has 2 rings (SSSR count). The summed E-state index contributed by atoms with van der Waals surface area (Å²) in [5.74, 6) is 2.02. The summed E-state index contributed by atoms with van der Waals surface area (Å²) in [5, 5.41) is 2.49. The molecule has 1 amide bonds. The van der Waals surface area contributed by atoms with Crippen LogP contribution in [0.5, 0.6) is 0 Å². The van der Waals surface area contributed by atoms with Crippen molar-refractivity contribution in [1.29, 1.82) is 0 Å². The molecule has 0 atom stereocenters. The number of fused-ring (bicyclic) bond motifs is 1. The second-order valence-corrected chi connectivity index (χ2v) is 7.03. The lowest BCUT2D eigenvalue weighted by Crippen LogP contribution is -2.31. The predicted molar refractivity (Wildman–Crippen MR) is 84.7 cm³/mol. The topological polar surface area (TPSA) is 75.3 Å². The second-order valence-electron chi connectivity index (χ2n) is 5.27. The lowest BCUT2D eigenvalue weighted by atomic mass is 9.92. The fraction of sp³-hybridized carbons (Fsp3) is 0.438. The van der Waals surface area contributed by atoms with Gasteiger partial charge in [0.15, 0.2) is 0 Å². The van der Waals surface area contributed by atoms with E-state index in [1.807, 2.05) is 6.07 Å². The van der Waals surface area contributed by atoms with Crippen LogP contribution in [0.1, 0.15) is 30.4 Å². The Balaban J connectivity index is 1.96. The number of terminal acetylenes is 1. The van der Waals surface area contributed by atoms with E-state index in [2.05, 4.69) is 16.0 Å². The fourth-order valence-electron chi connectivity index (χ4n) is 2.50. The maximum absolute atomic E-state index is 12.2. The summed E-state index contributed by atoms with van der Waals surface area (Å²) in [4.78, 5) is 11.6. The molecule has 0 spiro atoms. The summed E-state index contributed by atoms with van der Waals surface area (Å²) >= 11 is 0. The highest BCUT2D eigenvalue weighted by Gasteiger charge is 2.17. The third kappa shape index (κ3) is 4.33. The highest BCUT2D eigenvalue weighted by Crippen LogP contribution is 2.23. The maximum Gasteiger partial charge on any atom is 0.240 e. The molecule has 1 aromatic rings. The van der Waals surface area contributed by atoms with Gasteiger partial charge in [0.2, 0.25) is 15.9 Å². The Bertz CT molecular complexity index is 690. The fourth-order valence-corrected chi connectivity index (χ4v) is 3.58. The van der Waals surface area contributed by atoms with Gasteiger partial charge < -0.3 is 5.32 Å². The minimum atomic E-state index is -3.58. The molecule has 118 valence electrons. The molecule has 1 aromatic carbocycles. The SMILES string of the molecule is C#CCNC(=O)CCNS(=O)(=O)c1ccc2c(c1)CCCC2. The Morgan fingerprint density at radius 3 is 2.68 bits per heavy atom. The molecular formula is C16H20N2O3S. The number of amides is 1. The molecule has 5 nitrogen and oxygen atoms in total. The number of aryl methyl sites for hydroxylation is 2. The van der Waals surface area contributed by atoms with E-state index < -0.39 is 10.0 Å². The van der Waals surface area contributed by atoms with Crippen LogP contribution in [-0.2, 0) is 27.7 Å². The van der Waals surface area contributed by atoms with Gasteiger partial charge in [0, 0.05) is 13.0 Å². The maximum atomic E-state index is 12.2.